The number of nitrogens with one attached hydrogen (secondary N) is 1. The van der Waals surface area contributed by atoms with E-state index in [1.54, 1.807) is 0 Å². The Kier molecular flexibility index (Phi) is 4.68. The molecule has 0 aromatic carbocycles. The van der Waals surface area contributed by atoms with E-state index in [0.29, 0.717) is 12.0 Å². The van der Waals surface area contributed by atoms with Gasteiger partial charge < -0.3 is 15.2 Å². The van der Waals surface area contributed by atoms with E-state index in [1.165, 1.54) is 19.3 Å². The standard InChI is InChI=1S/C15H29NO2/c1-11-6-12(2)8-13(7-11)15(3,17)9-14-10-18-5-4-16-14/h11-14,16-17H,4-10H2,1-3H3. The van der Waals surface area contributed by atoms with Crippen LogP contribution in [0.1, 0.15) is 46.5 Å². The zero-order valence-corrected chi connectivity index (χ0v) is 12.1. The molecule has 1 saturated carbocycles. The highest BCUT2D eigenvalue weighted by molar-refractivity contribution is 4.91. The first-order valence-electron chi connectivity index (χ1n) is 7.51. The van der Waals surface area contributed by atoms with E-state index in [4.69, 9.17) is 4.74 Å². The minimum atomic E-state index is -0.554. The minimum absolute atomic E-state index is 0.321. The van der Waals surface area contributed by atoms with Gasteiger partial charge in [-0.25, -0.2) is 0 Å². The van der Waals surface area contributed by atoms with Gasteiger partial charge in [0, 0.05) is 12.6 Å². The van der Waals surface area contributed by atoms with Crippen LogP contribution in [-0.2, 0) is 4.74 Å². The monoisotopic (exact) mass is 255 g/mol. The summed E-state index contributed by atoms with van der Waals surface area (Å²) >= 11 is 0. The molecule has 4 unspecified atom stereocenters. The van der Waals surface area contributed by atoms with Gasteiger partial charge in [0.05, 0.1) is 18.8 Å². The molecular formula is C15H29NO2. The molecule has 2 aliphatic rings. The summed E-state index contributed by atoms with van der Waals surface area (Å²) in [6, 6.07) is 0.321. The average molecular weight is 255 g/mol. The maximum absolute atomic E-state index is 10.8. The normalized spacial score (nSPS) is 41.3. The Morgan fingerprint density at radius 1 is 1.22 bits per heavy atom. The largest absolute Gasteiger partial charge is 0.390 e. The Morgan fingerprint density at radius 3 is 2.44 bits per heavy atom. The van der Waals surface area contributed by atoms with Crippen molar-refractivity contribution in [3.05, 3.63) is 0 Å². The van der Waals surface area contributed by atoms with E-state index >= 15 is 0 Å². The van der Waals surface area contributed by atoms with Crippen molar-refractivity contribution in [2.45, 2.75) is 58.1 Å². The Hall–Kier alpha value is -0.120. The predicted octanol–water partition coefficient (Wildman–Crippen LogP) is 2.19. The topological polar surface area (TPSA) is 41.5 Å². The predicted molar refractivity (Wildman–Crippen MR) is 73.5 cm³/mol. The number of hydrogen-bond donors (Lipinski definition) is 2. The van der Waals surface area contributed by atoms with E-state index in [-0.39, 0.29) is 0 Å². The zero-order valence-electron chi connectivity index (χ0n) is 12.1. The fourth-order valence-electron chi connectivity index (χ4n) is 3.87. The molecule has 3 heteroatoms. The van der Waals surface area contributed by atoms with Gasteiger partial charge in [-0.05, 0) is 50.4 Å². The number of hydrogen-bond acceptors (Lipinski definition) is 3. The lowest BCUT2D eigenvalue weighted by Crippen LogP contribution is -2.49. The molecule has 0 radical (unpaired) electrons. The average Bonchev–Trinajstić information content (AvgIpc) is 2.28. The number of aliphatic hydroxyl groups is 1. The third-order valence-corrected chi connectivity index (χ3v) is 4.72. The fraction of sp³-hybridized carbons (Fsp3) is 1.00. The lowest BCUT2D eigenvalue weighted by atomic mass is 9.68. The van der Waals surface area contributed by atoms with Crippen molar-refractivity contribution in [3.8, 4) is 0 Å². The van der Waals surface area contributed by atoms with Crippen molar-refractivity contribution in [2.24, 2.45) is 17.8 Å². The van der Waals surface area contributed by atoms with E-state index in [0.717, 1.165) is 38.0 Å². The second-order valence-electron chi connectivity index (χ2n) is 6.90. The van der Waals surface area contributed by atoms with Crippen LogP contribution >= 0.6 is 0 Å². The SMILES string of the molecule is CC1CC(C)CC(C(C)(O)CC2COCCN2)C1. The fourth-order valence-corrected chi connectivity index (χ4v) is 3.87. The Balaban J connectivity index is 1.91. The van der Waals surface area contributed by atoms with Crippen LogP contribution in [0.25, 0.3) is 0 Å². The quantitative estimate of drug-likeness (QED) is 0.812. The van der Waals surface area contributed by atoms with Gasteiger partial charge in [-0.15, -0.1) is 0 Å². The maximum atomic E-state index is 10.8. The van der Waals surface area contributed by atoms with Crippen LogP contribution in [0.4, 0.5) is 0 Å². The molecule has 3 nitrogen and oxygen atoms in total. The molecule has 0 bridgehead atoms. The zero-order chi connectivity index (χ0) is 13.2. The van der Waals surface area contributed by atoms with E-state index in [2.05, 4.69) is 19.2 Å². The molecule has 1 aliphatic carbocycles. The molecule has 106 valence electrons. The van der Waals surface area contributed by atoms with Gasteiger partial charge in [-0.1, -0.05) is 13.8 Å². The molecule has 1 saturated heterocycles. The van der Waals surface area contributed by atoms with Gasteiger partial charge >= 0.3 is 0 Å². The van der Waals surface area contributed by atoms with E-state index in [9.17, 15) is 5.11 Å². The smallest absolute Gasteiger partial charge is 0.0663 e. The first-order chi connectivity index (χ1) is 8.47. The van der Waals surface area contributed by atoms with E-state index < -0.39 is 5.60 Å². The van der Waals surface area contributed by atoms with Gasteiger partial charge in [0.2, 0.25) is 0 Å². The maximum Gasteiger partial charge on any atom is 0.0663 e. The lowest BCUT2D eigenvalue weighted by molar-refractivity contribution is -0.0579. The van der Waals surface area contributed by atoms with E-state index in [1.807, 2.05) is 6.92 Å². The van der Waals surface area contributed by atoms with Crippen LogP contribution < -0.4 is 5.32 Å². The first kappa shape index (κ1) is 14.3. The van der Waals surface area contributed by atoms with Gasteiger partial charge in [0.15, 0.2) is 0 Å². The molecule has 0 aromatic heterocycles. The summed E-state index contributed by atoms with van der Waals surface area (Å²) < 4.78 is 5.48. The number of ether oxygens (including phenoxy) is 1. The molecule has 2 rings (SSSR count). The van der Waals surface area contributed by atoms with Crippen LogP contribution in [0.3, 0.4) is 0 Å². The highest BCUT2D eigenvalue weighted by Gasteiger charge is 2.38. The van der Waals surface area contributed by atoms with Gasteiger partial charge in [-0.3, -0.25) is 0 Å². The Bertz CT molecular complexity index is 251. The van der Waals surface area contributed by atoms with Crippen LogP contribution in [0, 0.1) is 17.8 Å². The highest BCUT2D eigenvalue weighted by Crippen LogP contribution is 2.40. The van der Waals surface area contributed by atoms with Crippen molar-refractivity contribution in [1.29, 1.82) is 0 Å². The highest BCUT2D eigenvalue weighted by atomic mass is 16.5. The molecular weight excluding hydrogens is 226 g/mol. The summed E-state index contributed by atoms with van der Waals surface area (Å²) in [5.41, 5.74) is -0.554. The summed E-state index contributed by atoms with van der Waals surface area (Å²) in [4.78, 5) is 0. The van der Waals surface area contributed by atoms with Crippen molar-refractivity contribution < 1.29 is 9.84 Å². The summed E-state index contributed by atoms with van der Waals surface area (Å²) in [7, 11) is 0. The molecule has 0 spiro atoms. The molecule has 2 fully saturated rings. The Labute approximate surface area is 111 Å². The third kappa shape index (κ3) is 3.69. The van der Waals surface area contributed by atoms with Crippen LogP contribution in [0.2, 0.25) is 0 Å². The number of rotatable bonds is 3. The van der Waals surface area contributed by atoms with Crippen LogP contribution in [0.15, 0.2) is 0 Å². The van der Waals surface area contributed by atoms with Crippen LogP contribution in [-0.4, -0.2) is 36.5 Å². The second-order valence-corrected chi connectivity index (χ2v) is 6.90. The lowest BCUT2D eigenvalue weighted by Gasteiger charge is -2.42. The molecule has 0 aromatic rings. The van der Waals surface area contributed by atoms with Crippen molar-refractivity contribution in [3.63, 3.8) is 0 Å². The molecule has 0 amide bonds. The first-order valence-corrected chi connectivity index (χ1v) is 7.51. The van der Waals surface area contributed by atoms with Crippen molar-refractivity contribution >= 4 is 0 Å². The van der Waals surface area contributed by atoms with Crippen molar-refractivity contribution in [2.75, 3.05) is 19.8 Å². The summed E-state index contributed by atoms with van der Waals surface area (Å²) in [6.07, 6.45) is 4.48. The van der Waals surface area contributed by atoms with Gasteiger partial charge in [0.1, 0.15) is 0 Å². The number of morpholine rings is 1. The molecule has 1 aliphatic heterocycles. The van der Waals surface area contributed by atoms with Gasteiger partial charge in [0.25, 0.3) is 0 Å². The third-order valence-electron chi connectivity index (χ3n) is 4.72. The minimum Gasteiger partial charge on any atom is -0.390 e. The molecule has 2 N–H and O–H groups in total. The van der Waals surface area contributed by atoms with Gasteiger partial charge in [-0.2, -0.15) is 0 Å². The van der Waals surface area contributed by atoms with Crippen molar-refractivity contribution in [1.82, 2.24) is 5.32 Å². The molecule has 4 atom stereocenters. The summed E-state index contributed by atoms with van der Waals surface area (Å²) in [5.74, 6) is 1.95. The second kappa shape index (κ2) is 5.89. The molecule has 18 heavy (non-hydrogen) atoms. The van der Waals surface area contributed by atoms with Crippen LogP contribution in [0.5, 0.6) is 0 Å². The summed E-state index contributed by atoms with van der Waals surface area (Å²) in [5, 5.41) is 14.3. The molecule has 1 heterocycles. The Morgan fingerprint density at radius 2 is 1.89 bits per heavy atom. The summed E-state index contributed by atoms with van der Waals surface area (Å²) in [6.45, 7) is 9.13.